The monoisotopic (exact) mass is 563 g/mol. The van der Waals surface area contributed by atoms with Gasteiger partial charge in [-0.05, 0) is 60.5 Å². The van der Waals surface area contributed by atoms with Gasteiger partial charge < -0.3 is 15.4 Å². The molecule has 0 spiro atoms. The van der Waals surface area contributed by atoms with E-state index in [0.29, 0.717) is 42.6 Å². The van der Waals surface area contributed by atoms with Crippen molar-refractivity contribution < 1.29 is 14.3 Å². The van der Waals surface area contributed by atoms with Crippen LogP contribution in [0.15, 0.2) is 101 Å². The molecule has 4 aromatic rings. The first-order valence-electron chi connectivity index (χ1n) is 13.5. The van der Waals surface area contributed by atoms with Gasteiger partial charge in [0.25, 0.3) is 5.91 Å². The number of piperidine rings is 1. The lowest BCUT2D eigenvalue weighted by atomic mass is 9.97. The number of hydrogen-bond donors (Lipinski definition) is 1. The normalized spacial score (nSPS) is 16.7. The third kappa shape index (κ3) is 6.10. The second-order valence-electron chi connectivity index (χ2n) is 9.99. The molecule has 2 amide bonds. The molecule has 2 aliphatic heterocycles. The fraction of sp³-hybridized carbons (Fsp3) is 0.188. The third-order valence-electron chi connectivity index (χ3n) is 7.18. The largest absolute Gasteiger partial charge is 0.489 e. The minimum absolute atomic E-state index is 0.122. The highest BCUT2D eigenvalue weighted by Crippen LogP contribution is 2.35. The van der Waals surface area contributed by atoms with Crippen LogP contribution in [-0.2, 0) is 16.2 Å². The van der Waals surface area contributed by atoms with Crippen molar-refractivity contribution in [3.63, 3.8) is 0 Å². The molecule has 206 valence electrons. The predicted octanol–water partition coefficient (Wildman–Crippen LogP) is 5.29. The molecule has 6 rings (SSSR count). The highest BCUT2D eigenvalue weighted by atomic mass is 32.2. The molecular formula is C32H29N5O3S. The molecule has 0 bridgehead atoms. The Morgan fingerprint density at radius 1 is 1.00 bits per heavy atom. The molecule has 3 aromatic carbocycles. The van der Waals surface area contributed by atoms with E-state index in [0.717, 1.165) is 33.8 Å². The highest BCUT2D eigenvalue weighted by Gasteiger charge is 2.31. The standard InChI is InChI=1S/C32H29N5O3S/c33-30(38)23-14-16-36(17-15-23)32-34-31(39)28(41-32)19-25-20-37(26-11-5-2-6-12-26)35-29(25)24-10-7-13-27(18-24)40-21-22-8-3-1-4-9-22/h1-13,18-20,23H,14-17,21H2,(H2,33,38)/b28-19-. The van der Waals surface area contributed by atoms with Gasteiger partial charge in [-0.25, -0.2) is 4.68 Å². The second-order valence-corrected chi connectivity index (χ2v) is 11.0. The summed E-state index contributed by atoms with van der Waals surface area (Å²) in [5.74, 6) is 0.0681. The number of hydrogen-bond acceptors (Lipinski definition) is 6. The van der Waals surface area contributed by atoms with Crippen molar-refractivity contribution >= 4 is 34.8 Å². The van der Waals surface area contributed by atoms with Crippen molar-refractivity contribution in [2.45, 2.75) is 19.4 Å². The van der Waals surface area contributed by atoms with Gasteiger partial charge >= 0.3 is 0 Å². The lowest BCUT2D eigenvalue weighted by molar-refractivity contribution is -0.123. The Hall–Kier alpha value is -4.63. The Labute approximate surface area is 242 Å². The maximum absolute atomic E-state index is 13.0. The summed E-state index contributed by atoms with van der Waals surface area (Å²) in [6.45, 7) is 1.75. The van der Waals surface area contributed by atoms with Crippen molar-refractivity contribution in [1.82, 2.24) is 14.7 Å². The number of carbonyl (C=O) groups is 2. The van der Waals surface area contributed by atoms with Crippen LogP contribution in [0, 0.1) is 5.92 Å². The van der Waals surface area contributed by atoms with Gasteiger partial charge in [-0.15, -0.1) is 0 Å². The minimum atomic E-state index is -0.277. The van der Waals surface area contributed by atoms with E-state index in [2.05, 4.69) is 9.89 Å². The molecule has 8 nitrogen and oxygen atoms in total. The molecule has 0 radical (unpaired) electrons. The molecule has 0 saturated carbocycles. The van der Waals surface area contributed by atoms with Gasteiger partial charge in [0.2, 0.25) is 5.91 Å². The van der Waals surface area contributed by atoms with Crippen LogP contribution in [0.2, 0.25) is 0 Å². The van der Waals surface area contributed by atoms with E-state index in [1.165, 1.54) is 11.8 Å². The smallest absolute Gasteiger partial charge is 0.286 e. The summed E-state index contributed by atoms with van der Waals surface area (Å²) >= 11 is 1.36. The molecule has 0 unspecified atom stereocenters. The first-order chi connectivity index (χ1) is 20.0. The first kappa shape index (κ1) is 26.6. The number of ether oxygens (including phenoxy) is 1. The fourth-order valence-electron chi connectivity index (χ4n) is 4.93. The molecule has 1 aromatic heterocycles. The van der Waals surface area contributed by atoms with Crippen LogP contribution in [0.4, 0.5) is 0 Å². The number of primary amides is 1. The molecule has 0 atom stereocenters. The zero-order valence-electron chi connectivity index (χ0n) is 22.3. The van der Waals surface area contributed by atoms with E-state index in [4.69, 9.17) is 15.6 Å². The molecule has 3 heterocycles. The quantitative estimate of drug-likeness (QED) is 0.307. The van der Waals surface area contributed by atoms with E-state index in [1.54, 1.807) is 0 Å². The van der Waals surface area contributed by atoms with Crippen molar-refractivity contribution in [2.75, 3.05) is 13.1 Å². The van der Waals surface area contributed by atoms with Crippen molar-refractivity contribution in [2.24, 2.45) is 16.6 Å². The number of benzene rings is 3. The SMILES string of the molecule is NC(=O)C1CCN(C2=NC(=O)/C(=C/c3cn(-c4ccccc4)nc3-c3cccc(OCc4ccccc4)c3)S2)CC1. The molecular weight excluding hydrogens is 534 g/mol. The van der Waals surface area contributed by atoms with Crippen molar-refractivity contribution in [3.05, 3.63) is 107 Å². The first-order valence-corrected chi connectivity index (χ1v) is 14.3. The summed E-state index contributed by atoms with van der Waals surface area (Å²) in [7, 11) is 0. The van der Waals surface area contributed by atoms with E-state index in [9.17, 15) is 9.59 Å². The molecule has 41 heavy (non-hydrogen) atoms. The van der Waals surface area contributed by atoms with Gasteiger partial charge in [0.1, 0.15) is 18.1 Å². The van der Waals surface area contributed by atoms with Crippen molar-refractivity contribution in [3.8, 4) is 22.7 Å². The Balaban J connectivity index is 1.27. The maximum atomic E-state index is 13.0. The van der Waals surface area contributed by atoms with Crippen LogP contribution in [-0.4, -0.2) is 44.8 Å². The zero-order chi connectivity index (χ0) is 28.2. The van der Waals surface area contributed by atoms with Gasteiger partial charge in [0.15, 0.2) is 5.17 Å². The van der Waals surface area contributed by atoms with Crippen LogP contribution in [0.25, 0.3) is 23.0 Å². The number of aromatic nitrogens is 2. The number of carbonyl (C=O) groups excluding carboxylic acids is 2. The summed E-state index contributed by atoms with van der Waals surface area (Å²) in [5, 5.41) is 5.58. The lowest BCUT2D eigenvalue weighted by Gasteiger charge is -2.31. The summed E-state index contributed by atoms with van der Waals surface area (Å²) in [5.41, 5.74) is 9.89. The summed E-state index contributed by atoms with van der Waals surface area (Å²) in [6, 6.07) is 27.7. The number of thioether (sulfide) groups is 1. The summed E-state index contributed by atoms with van der Waals surface area (Å²) < 4.78 is 7.90. The van der Waals surface area contributed by atoms with Gasteiger partial charge in [-0.3, -0.25) is 9.59 Å². The number of likely N-dealkylation sites (tertiary alicyclic amines) is 1. The number of rotatable bonds is 7. The third-order valence-corrected chi connectivity index (χ3v) is 8.23. The van der Waals surface area contributed by atoms with Crippen LogP contribution in [0.3, 0.4) is 0 Å². The average molecular weight is 564 g/mol. The van der Waals surface area contributed by atoms with Crippen molar-refractivity contribution in [1.29, 1.82) is 0 Å². The Kier molecular flexibility index (Phi) is 7.69. The number of para-hydroxylation sites is 1. The van der Waals surface area contributed by atoms with Gasteiger partial charge in [0.05, 0.1) is 10.6 Å². The topological polar surface area (TPSA) is 103 Å². The minimum Gasteiger partial charge on any atom is -0.489 e. The zero-order valence-corrected chi connectivity index (χ0v) is 23.2. The van der Waals surface area contributed by atoms with Gasteiger partial charge in [0, 0.05) is 36.3 Å². The number of nitrogens with two attached hydrogens (primary N) is 1. The van der Waals surface area contributed by atoms with E-state index in [1.807, 2.05) is 102 Å². The van der Waals surface area contributed by atoms with Crippen LogP contribution in [0.5, 0.6) is 5.75 Å². The van der Waals surface area contributed by atoms with E-state index in [-0.39, 0.29) is 17.7 Å². The van der Waals surface area contributed by atoms with Gasteiger partial charge in [-0.2, -0.15) is 10.1 Å². The molecule has 1 saturated heterocycles. The molecule has 2 aliphatic rings. The van der Waals surface area contributed by atoms with E-state index < -0.39 is 0 Å². The molecule has 2 N–H and O–H groups in total. The number of aliphatic imine (C=N–C) groups is 1. The van der Waals surface area contributed by atoms with E-state index >= 15 is 0 Å². The lowest BCUT2D eigenvalue weighted by Crippen LogP contribution is -2.40. The number of nitrogens with zero attached hydrogens (tertiary/aromatic N) is 4. The summed E-state index contributed by atoms with van der Waals surface area (Å²) in [4.78, 5) is 31.5. The molecule has 1 fully saturated rings. The Morgan fingerprint density at radius 3 is 2.46 bits per heavy atom. The van der Waals surface area contributed by atoms with Gasteiger partial charge in [-0.1, -0.05) is 60.7 Å². The molecule has 0 aliphatic carbocycles. The number of amides is 2. The second kappa shape index (κ2) is 11.9. The maximum Gasteiger partial charge on any atom is 0.286 e. The Bertz CT molecular complexity index is 1620. The molecule has 9 heteroatoms. The average Bonchev–Trinajstić information content (AvgIpc) is 3.61. The highest BCUT2D eigenvalue weighted by molar-refractivity contribution is 8.18. The fourth-order valence-corrected chi connectivity index (χ4v) is 5.89. The summed E-state index contributed by atoms with van der Waals surface area (Å²) in [6.07, 6.45) is 5.12. The van der Waals surface area contributed by atoms with Crippen LogP contribution < -0.4 is 10.5 Å². The van der Waals surface area contributed by atoms with Crippen LogP contribution in [0.1, 0.15) is 24.0 Å². The Morgan fingerprint density at radius 2 is 1.73 bits per heavy atom. The number of amidine groups is 1. The van der Waals surface area contributed by atoms with Crippen LogP contribution >= 0.6 is 11.8 Å². The predicted molar refractivity (Wildman–Crippen MR) is 161 cm³/mol.